The molecule has 0 aromatic heterocycles. The predicted molar refractivity (Wildman–Crippen MR) is 56.9 cm³/mol. The monoisotopic (exact) mass is 245 g/mol. The van der Waals surface area contributed by atoms with E-state index in [4.69, 9.17) is 0 Å². The fraction of sp³-hybridized carbons (Fsp3) is 1.00. The molecule has 0 aromatic carbocycles. The second kappa shape index (κ2) is 6.60. The van der Waals surface area contributed by atoms with Gasteiger partial charge in [-0.15, -0.1) is 0 Å². The normalized spacial score (nSPS) is 13.2. The van der Waals surface area contributed by atoms with Crippen molar-refractivity contribution < 1.29 is 18.3 Å². The fourth-order valence-electron chi connectivity index (χ4n) is 1.06. The molecule has 0 heterocycles. The van der Waals surface area contributed by atoms with Crippen LogP contribution in [0.3, 0.4) is 0 Å². The molecule has 0 spiro atoms. The molecule has 0 atom stereocenters. The van der Waals surface area contributed by atoms with Gasteiger partial charge in [0.2, 0.25) is 0 Å². The molecule has 92 valence electrons. The third kappa shape index (κ3) is 7.93. The molecule has 0 radical (unpaired) electrons. The highest BCUT2D eigenvalue weighted by molar-refractivity contribution is 8.00. The van der Waals surface area contributed by atoms with Gasteiger partial charge in [-0.2, -0.15) is 13.2 Å². The quantitative estimate of drug-likeness (QED) is 0.675. The summed E-state index contributed by atoms with van der Waals surface area (Å²) >= 11 is -0.0448. The first-order valence-corrected chi connectivity index (χ1v) is 5.95. The van der Waals surface area contributed by atoms with Crippen molar-refractivity contribution >= 4 is 11.8 Å². The van der Waals surface area contributed by atoms with Crippen LogP contribution in [0, 0.1) is 0 Å². The van der Waals surface area contributed by atoms with E-state index in [1.807, 2.05) is 13.8 Å². The van der Waals surface area contributed by atoms with Crippen molar-refractivity contribution in [3.05, 3.63) is 0 Å². The highest BCUT2D eigenvalue weighted by Gasteiger charge is 2.27. The average Bonchev–Trinajstić information content (AvgIpc) is 2.15. The summed E-state index contributed by atoms with van der Waals surface area (Å²) in [5.41, 5.74) is -4.95. The van der Waals surface area contributed by atoms with Gasteiger partial charge in [0.15, 0.2) is 0 Å². The van der Waals surface area contributed by atoms with Crippen LogP contribution >= 0.6 is 11.8 Å². The molecule has 0 aromatic rings. The maximum Gasteiger partial charge on any atom is 0.441 e. The lowest BCUT2D eigenvalue weighted by atomic mass is 9.98. The molecule has 0 rings (SSSR count). The SMILES string of the molecule is CCC(O)(CC)CNCCSC(F)(F)F. The standard InChI is InChI=1S/C9H18F3NOS/c1-3-8(14,4-2)7-13-5-6-15-9(10,11)12/h13-14H,3-7H2,1-2H3. The Labute approximate surface area is 92.6 Å². The summed E-state index contributed by atoms with van der Waals surface area (Å²) in [6, 6.07) is 0. The van der Waals surface area contributed by atoms with Crippen molar-refractivity contribution in [3.8, 4) is 0 Å². The molecule has 0 saturated carbocycles. The number of thioether (sulfide) groups is 1. The summed E-state index contributed by atoms with van der Waals surface area (Å²) in [6.07, 6.45) is 1.20. The van der Waals surface area contributed by atoms with Crippen LogP contribution in [-0.4, -0.2) is 35.1 Å². The van der Waals surface area contributed by atoms with Crippen molar-refractivity contribution in [3.63, 3.8) is 0 Å². The molecular formula is C9H18F3NOS. The van der Waals surface area contributed by atoms with E-state index in [0.29, 0.717) is 19.4 Å². The second-order valence-electron chi connectivity index (χ2n) is 3.40. The van der Waals surface area contributed by atoms with Crippen LogP contribution < -0.4 is 5.32 Å². The van der Waals surface area contributed by atoms with Gasteiger partial charge in [-0.25, -0.2) is 0 Å². The van der Waals surface area contributed by atoms with Gasteiger partial charge in [0, 0.05) is 18.8 Å². The van der Waals surface area contributed by atoms with Crippen molar-refractivity contribution in [2.45, 2.75) is 37.8 Å². The summed E-state index contributed by atoms with van der Waals surface area (Å²) < 4.78 is 35.2. The van der Waals surface area contributed by atoms with Crippen molar-refractivity contribution in [2.24, 2.45) is 0 Å². The van der Waals surface area contributed by atoms with E-state index < -0.39 is 11.1 Å². The summed E-state index contributed by atoms with van der Waals surface area (Å²) in [4.78, 5) is 0. The maximum atomic E-state index is 11.7. The predicted octanol–water partition coefficient (Wildman–Crippen LogP) is 2.38. The zero-order chi connectivity index (χ0) is 11.9. The third-order valence-corrected chi connectivity index (χ3v) is 3.05. The molecule has 0 bridgehead atoms. The molecule has 2 nitrogen and oxygen atoms in total. The first kappa shape index (κ1) is 15.1. The van der Waals surface area contributed by atoms with E-state index in [1.165, 1.54) is 0 Å². The van der Waals surface area contributed by atoms with Gasteiger partial charge in [0.1, 0.15) is 0 Å². The number of aliphatic hydroxyl groups is 1. The summed E-state index contributed by atoms with van der Waals surface area (Å²) in [7, 11) is 0. The number of rotatable bonds is 7. The molecule has 6 heteroatoms. The van der Waals surface area contributed by atoms with E-state index in [2.05, 4.69) is 5.32 Å². The van der Waals surface area contributed by atoms with Crippen molar-refractivity contribution in [2.75, 3.05) is 18.8 Å². The Bertz CT molecular complexity index is 171. The Morgan fingerprint density at radius 3 is 2.13 bits per heavy atom. The Balaban J connectivity index is 3.54. The molecule has 0 amide bonds. The van der Waals surface area contributed by atoms with Crippen LogP contribution in [0.2, 0.25) is 0 Å². The van der Waals surface area contributed by atoms with Crippen molar-refractivity contribution in [1.82, 2.24) is 5.32 Å². The lowest BCUT2D eigenvalue weighted by Crippen LogP contribution is -2.40. The molecule has 0 aliphatic heterocycles. The Morgan fingerprint density at radius 1 is 1.20 bits per heavy atom. The average molecular weight is 245 g/mol. The highest BCUT2D eigenvalue weighted by atomic mass is 32.2. The van der Waals surface area contributed by atoms with Crippen LogP contribution in [0.4, 0.5) is 13.2 Å². The summed E-state index contributed by atoms with van der Waals surface area (Å²) in [5.74, 6) is -0.0208. The van der Waals surface area contributed by atoms with Gasteiger partial charge in [0.25, 0.3) is 0 Å². The smallest absolute Gasteiger partial charge is 0.389 e. The van der Waals surface area contributed by atoms with Crippen LogP contribution in [-0.2, 0) is 0 Å². The van der Waals surface area contributed by atoms with E-state index in [0.717, 1.165) is 0 Å². The van der Waals surface area contributed by atoms with Crippen molar-refractivity contribution in [1.29, 1.82) is 0 Å². The second-order valence-corrected chi connectivity index (χ2v) is 4.56. The zero-order valence-corrected chi connectivity index (χ0v) is 9.84. The first-order valence-electron chi connectivity index (χ1n) is 4.97. The molecule has 0 fully saturated rings. The minimum absolute atomic E-state index is 0.0208. The molecular weight excluding hydrogens is 227 g/mol. The third-order valence-electron chi connectivity index (χ3n) is 2.31. The van der Waals surface area contributed by atoms with E-state index in [-0.39, 0.29) is 24.1 Å². The molecule has 0 aliphatic carbocycles. The lowest BCUT2D eigenvalue weighted by Gasteiger charge is -2.25. The minimum Gasteiger partial charge on any atom is -0.389 e. The van der Waals surface area contributed by atoms with E-state index in [9.17, 15) is 18.3 Å². The van der Waals surface area contributed by atoms with Gasteiger partial charge in [-0.3, -0.25) is 0 Å². The molecule has 0 saturated heterocycles. The van der Waals surface area contributed by atoms with Crippen LogP contribution in [0.1, 0.15) is 26.7 Å². The topological polar surface area (TPSA) is 32.3 Å². The largest absolute Gasteiger partial charge is 0.441 e. The van der Waals surface area contributed by atoms with E-state index >= 15 is 0 Å². The number of hydrogen-bond donors (Lipinski definition) is 2. The van der Waals surface area contributed by atoms with Gasteiger partial charge < -0.3 is 10.4 Å². The Hall–Kier alpha value is 0.0600. The lowest BCUT2D eigenvalue weighted by molar-refractivity contribution is -0.0327. The number of alkyl halides is 3. The van der Waals surface area contributed by atoms with Gasteiger partial charge in [0.05, 0.1) is 5.60 Å². The number of hydrogen-bond acceptors (Lipinski definition) is 3. The molecule has 15 heavy (non-hydrogen) atoms. The fourth-order valence-corrected chi connectivity index (χ4v) is 1.54. The summed E-state index contributed by atoms with van der Waals surface area (Å²) in [6.45, 7) is 4.32. The van der Waals surface area contributed by atoms with Crippen LogP contribution in [0.5, 0.6) is 0 Å². The minimum atomic E-state index is -4.16. The number of halogens is 3. The highest BCUT2D eigenvalue weighted by Crippen LogP contribution is 2.29. The zero-order valence-electron chi connectivity index (χ0n) is 9.02. The number of nitrogens with one attached hydrogen (secondary N) is 1. The molecule has 0 unspecified atom stereocenters. The maximum absolute atomic E-state index is 11.7. The van der Waals surface area contributed by atoms with Crippen LogP contribution in [0.15, 0.2) is 0 Å². The van der Waals surface area contributed by atoms with Crippen LogP contribution in [0.25, 0.3) is 0 Å². The van der Waals surface area contributed by atoms with E-state index in [1.54, 1.807) is 0 Å². The van der Waals surface area contributed by atoms with Gasteiger partial charge in [-0.1, -0.05) is 13.8 Å². The van der Waals surface area contributed by atoms with Gasteiger partial charge >= 0.3 is 5.51 Å². The van der Waals surface area contributed by atoms with Gasteiger partial charge in [-0.05, 0) is 24.6 Å². The summed E-state index contributed by atoms with van der Waals surface area (Å²) in [5, 5.41) is 12.6. The Morgan fingerprint density at radius 2 is 1.73 bits per heavy atom. The first-order chi connectivity index (χ1) is 6.83. The molecule has 2 N–H and O–H groups in total. The Kier molecular flexibility index (Phi) is 6.63. The molecule has 0 aliphatic rings.